The summed E-state index contributed by atoms with van der Waals surface area (Å²) in [6.07, 6.45) is 4.96. The normalized spacial score (nSPS) is 18.8. The van der Waals surface area contributed by atoms with E-state index in [0.717, 1.165) is 37.4 Å². The fourth-order valence-corrected chi connectivity index (χ4v) is 2.07. The number of rotatable bonds is 7. The Morgan fingerprint density at radius 2 is 2.39 bits per heavy atom. The van der Waals surface area contributed by atoms with Crippen LogP contribution in [0.3, 0.4) is 0 Å². The first kappa shape index (κ1) is 13.2. The lowest BCUT2D eigenvalue weighted by molar-refractivity contribution is 0.0680. The fourth-order valence-electron chi connectivity index (χ4n) is 2.07. The summed E-state index contributed by atoms with van der Waals surface area (Å²) in [5.41, 5.74) is 1.13. The number of ether oxygens (including phenoxy) is 2. The van der Waals surface area contributed by atoms with Gasteiger partial charge in [0, 0.05) is 24.9 Å². The second-order valence-corrected chi connectivity index (χ2v) is 4.75. The first-order chi connectivity index (χ1) is 8.88. The van der Waals surface area contributed by atoms with Crippen molar-refractivity contribution in [2.24, 2.45) is 0 Å². The standard InChI is InChI=1S/C15H23NO2/c1-2-3-9-16-13-6-4-7-14(11-13)18-12-15-8-5-10-17-15/h4,6-7,11,15-16H,2-3,5,8-10,12H2,1H3. The molecule has 0 aliphatic carbocycles. The maximum Gasteiger partial charge on any atom is 0.121 e. The minimum atomic E-state index is 0.279. The minimum absolute atomic E-state index is 0.279. The summed E-state index contributed by atoms with van der Waals surface area (Å²) >= 11 is 0. The van der Waals surface area contributed by atoms with Gasteiger partial charge in [-0.05, 0) is 31.4 Å². The van der Waals surface area contributed by atoms with Crippen LogP contribution in [-0.4, -0.2) is 25.9 Å². The molecule has 1 N–H and O–H groups in total. The number of anilines is 1. The average molecular weight is 249 g/mol. The predicted octanol–water partition coefficient (Wildman–Crippen LogP) is 3.46. The Morgan fingerprint density at radius 3 is 3.17 bits per heavy atom. The lowest BCUT2D eigenvalue weighted by Gasteiger charge is -2.12. The van der Waals surface area contributed by atoms with Crippen LogP contribution in [0.1, 0.15) is 32.6 Å². The zero-order valence-electron chi connectivity index (χ0n) is 11.2. The molecule has 18 heavy (non-hydrogen) atoms. The predicted molar refractivity (Wildman–Crippen MR) is 74.3 cm³/mol. The molecule has 1 fully saturated rings. The van der Waals surface area contributed by atoms with E-state index in [1.54, 1.807) is 0 Å². The van der Waals surface area contributed by atoms with E-state index in [-0.39, 0.29) is 6.10 Å². The van der Waals surface area contributed by atoms with E-state index in [1.165, 1.54) is 12.8 Å². The first-order valence-corrected chi connectivity index (χ1v) is 6.97. The maximum absolute atomic E-state index is 5.77. The molecule has 1 aliphatic heterocycles. The highest BCUT2D eigenvalue weighted by Crippen LogP contribution is 2.19. The summed E-state index contributed by atoms with van der Waals surface area (Å²) in [6.45, 7) is 4.76. The van der Waals surface area contributed by atoms with Crippen LogP contribution in [-0.2, 0) is 4.74 Å². The molecule has 0 aromatic heterocycles. The van der Waals surface area contributed by atoms with E-state index in [9.17, 15) is 0 Å². The van der Waals surface area contributed by atoms with Crippen molar-refractivity contribution >= 4 is 5.69 Å². The van der Waals surface area contributed by atoms with Gasteiger partial charge in [0.1, 0.15) is 12.4 Å². The lowest BCUT2D eigenvalue weighted by Crippen LogP contribution is -2.16. The van der Waals surface area contributed by atoms with Crippen molar-refractivity contribution in [3.05, 3.63) is 24.3 Å². The smallest absolute Gasteiger partial charge is 0.121 e. The number of unbranched alkanes of at least 4 members (excludes halogenated alkanes) is 1. The first-order valence-electron chi connectivity index (χ1n) is 6.97. The molecule has 0 radical (unpaired) electrons. The third-order valence-electron chi connectivity index (χ3n) is 3.15. The average Bonchev–Trinajstić information content (AvgIpc) is 2.90. The van der Waals surface area contributed by atoms with Crippen molar-refractivity contribution in [1.29, 1.82) is 0 Å². The van der Waals surface area contributed by atoms with Crippen molar-refractivity contribution in [3.63, 3.8) is 0 Å². The van der Waals surface area contributed by atoms with Crippen LogP contribution in [0.25, 0.3) is 0 Å². The van der Waals surface area contributed by atoms with Gasteiger partial charge in [-0.25, -0.2) is 0 Å². The van der Waals surface area contributed by atoms with Crippen LogP contribution in [0.2, 0.25) is 0 Å². The molecule has 1 saturated heterocycles. The molecule has 1 aromatic carbocycles. The summed E-state index contributed by atoms with van der Waals surface area (Å²) in [7, 11) is 0. The van der Waals surface area contributed by atoms with Gasteiger partial charge >= 0.3 is 0 Å². The molecule has 0 bridgehead atoms. The van der Waals surface area contributed by atoms with Gasteiger partial charge in [0.2, 0.25) is 0 Å². The van der Waals surface area contributed by atoms with Crippen LogP contribution in [0.15, 0.2) is 24.3 Å². The third-order valence-corrected chi connectivity index (χ3v) is 3.15. The second-order valence-electron chi connectivity index (χ2n) is 4.75. The highest BCUT2D eigenvalue weighted by atomic mass is 16.5. The molecule has 1 heterocycles. The quantitative estimate of drug-likeness (QED) is 0.751. The highest BCUT2D eigenvalue weighted by molar-refractivity contribution is 5.48. The molecule has 1 atom stereocenters. The molecule has 1 unspecified atom stereocenters. The molecule has 1 aliphatic rings. The zero-order valence-corrected chi connectivity index (χ0v) is 11.2. The van der Waals surface area contributed by atoms with E-state index in [4.69, 9.17) is 9.47 Å². The van der Waals surface area contributed by atoms with Crippen LogP contribution >= 0.6 is 0 Å². The van der Waals surface area contributed by atoms with E-state index in [0.29, 0.717) is 6.61 Å². The molecule has 0 amide bonds. The largest absolute Gasteiger partial charge is 0.491 e. The second kappa shape index (κ2) is 7.27. The molecule has 0 saturated carbocycles. The summed E-state index contributed by atoms with van der Waals surface area (Å²) in [4.78, 5) is 0. The Bertz CT molecular complexity index is 348. The molecule has 3 heteroatoms. The topological polar surface area (TPSA) is 30.5 Å². The molecule has 1 aromatic rings. The summed E-state index contributed by atoms with van der Waals surface area (Å²) < 4.78 is 11.3. The lowest BCUT2D eigenvalue weighted by atomic mass is 10.2. The van der Waals surface area contributed by atoms with Gasteiger partial charge in [-0.2, -0.15) is 0 Å². The zero-order chi connectivity index (χ0) is 12.6. The minimum Gasteiger partial charge on any atom is -0.491 e. The van der Waals surface area contributed by atoms with Crippen LogP contribution in [0, 0.1) is 0 Å². The Morgan fingerprint density at radius 1 is 1.44 bits per heavy atom. The van der Waals surface area contributed by atoms with Gasteiger partial charge in [-0.3, -0.25) is 0 Å². The molecular formula is C15H23NO2. The Hall–Kier alpha value is -1.22. The third kappa shape index (κ3) is 4.22. The Kier molecular flexibility index (Phi) is 5.34. The Balaban J connectivity index is 1.78. The number of hydrogen-bond acceptors (Lipinski definition) is 3. The summed E-state index contributed by atoms with van der Waals surface area (Å²) in [5.74, 6) is 0.923. The van der Waals surface area contributed by atoms with Crippen molar-refractivity contribution in [2.45, 2.75) is 38.7 Å². The van der Waals surface area contributed by atoms with Crippen LogP contribution < -0.4 is 10.1 Å². The summed E-state index contributed by atoms with van der Waals surface area (Å²) in [5, 5.41) is 3.40. The van der Waals surface area contributed by atoms with Crippen molar-refractivity contribution in [3.8, 4) is 5.75 Å². The van der Waals surface area contributed by atoms with Crippen LogP contribution in [0.5, 0.6) is 5.75 Å². The van der Waals surface area contributed by atoms with Gasteiger partial charge in [-0.1, -0.05) is 19.4 Å². The molecule has 2 rings (SSSR count). The van der Waals surface area contributed by atoms with Crippen LogP contribution in [0.4, 0.5) is 5.69 Å². The van der Waals surface area contributed by atoms with Gasteiger partial charge in [0.05, 0.1) is 6.10 Å². The Labute approximate surface area is 109 Å². The number of hydrogen-bond donors (Lipinski definition) is 1. The molecule has 0 spiro atoms. The number of benzene rings is 1. The SMILES string of the molecule is CCCCNc1cccc(OCC2CCCO2)c1. The fraction of sp³-hybridized carbons (Fsp3) is 0.600. The van der Waals surface area contributed by atoms with Crippen molar-refractivity contribution in [2.75, 3.05) is 25.1 Å². The molecule has 3 nitrogen and oxygen atoms in total. The molecular weight excluding hydrogens is 226 g/mol. The van der Waals surface area contributed by atoms with Gasteiger partial charge < -0.3 is 14.8 Å². The summed E-state index contributed by atoms with van der Waals surface area (Å²) in [6, 6.07) is 8.16. The van der Waals surface area contributed by atoms with E-state index < -0.39 is 0 Å². The van der Waals surface area contributed by atoms with E-state index in [1.807, 2.05) is 12.1 Å². The van der Waals surface area contributed by atoms with Crippen molar-refractivity contribution < 1.29 is 9.47 Å². The molecule has 100 valence electrons. The van der Waals surface area contributed by atoms with Crippen molar-refractivity contribution in [1.82, 2.24) is 0 Å². The number of nitrogens with one attached hydrogen (secondary N) is 1. The van der Waals surface area contributed by atoms with Gasteiger partial charge in [0.25, 0.3) is 0 Å². The monoisotopic (exact) mass is 249 g/mol. The van der Waals surface area contributed by atoms with E-state index >= 15 is 0 Å². The van der Waals surface area contributed by atoms with Gasteiger partial charge in [-0.15, -0.1) is 0 Å². The van der Waals surface area contributed by atoms with Gasteiger partial charge in [0.15, 0.2) is 0 Å². The van der Waals surface area contributed by atoms with E-state index in [2.05, 4.69) is 24.4 Å². The highest BCUT2D eigenvalue weighted by Gasteiger charge is 2.15. The maximum atomic E-state index is 5.77.